The molecule has 1 aliphatic heterocycles. The van der Waals surface area contributed by atoms with E-state index in [4.69, 9.17) is 4.74 Å². The largest absolute Gasteiger partial charge is 0.447 e. The van der Waals surface area contributed by atoms with Gasteiger partial charge >= 0.3 is 6.09 Å². The molecule has 0 bridgehead atoms. The predicted octanol–water partition coefficient (Wildman–Crippen LogP) is 2.87. The van der Waals surface area contributed by atoms with Crippen LogP contribution < -0.4 is 0 Å². The lowest BCUT2D eigenvalue weighted by Crippen LogP contribution is -2.36. The molecule has 1 saturated heterocycles. The quantitative estimate of drug-likeness (QED) is 0.842. The molecule has 0 spiro atoms. The first-order valence-corrected chi connectivity index (χ1v) is 6.70. The summed E-state index contributed by atoms with van der Waals surface area (Å²) in [6.45, 7) is 6.51. The predicted molar refractivity (Wildman–Crippen MR) is 73.7 cm³/mol. The molecule has 1 heterocycles. The molecular formula is C15H21NO3. The van der Waals surface area contributed by atoms with Crippen molar-refractivity contribution in [3.8, 4) is 0 Å². The first-order valence-electron chi connectivity index (χ1n) is 6.70. The molecule has 1 aromatic carbocycles. The van der Waals surface area contributed by atoms with Crippen molar-refractivity contribution < 1.29 is 14.3 Å². The summed E-state index contributed by atoms with van der Waals surface area (Å²) in [6.07, 6.45) is 0.124. The van der Waals surface area contributed by atoms with Gasteiger partial charge in [0.25, 0.3) is 0 Å². The molecule has 1 aromatic rings. The molecule has 0 aromatic heterocycles. The van der Waals surface area contributed by atoms with Gasteiger partial charge in [0, 0.05) is 5.92 Å². The summed E-state index contributed by atoms with van der Waals surface area (Å²) in [7, 11) is 0. The molecule has 1 aliphatic rings. The third kappa shape index (κ3) is 4.09. The Morgan fingerprint density at radius 1 is 1.32 bits per heavy atom. The van der Waals surface area contributed by atoms with Crippen LogP contribution >= 0.6 is 0 Å². The molecule has 0 saturated carbocycles. The van der Waals surface area contributed by atoms with E-state index in [0.717, 1.165) is 5.56 Å². The molecule has 0 aliphatic carbocycles. The number of carbonyl (C=O) groups excluding carboxylic acids is 2. The van der Waals surface area contributed by atoms with Gasteiger partial charge in [0.15, 0.2) is 0 Å². The Morgan fingerprint density at radius 2 is 1.95 bits per heavy atom. The molecule has 2 rings (SSSR count). The van der Waals surface area contributed by atoms with Gasteiger partial charge in [0.2, 0.25) is 5.91 Å². The van der Waals surface area contributed by atoms with E-state index in [9.17, 15) is 9.59 Å². The highest BCUT2D eigenvalue weighted by molar-refractivity contribution is 5.94. The van der Waals surface area contributed by atoms with Crippen molar-refractivity contribution in [3.05, 3.63) is 35.9 Å². The van der Waals surface area contributed by atoms with Crippen molar-refractivity contribution in [2.45, 2.75) is 27.2 Å². The lowest BCUT2D eigenvalue weighted by atomic mass is 10.00. The lowest BCUT2D eigenvalue weighted by molar-refractivity contribution is -0.131. The fourth-order valence-electron chi connectivity index (χ4n) is 1.91. The van der Waals surface area contributed by atoms with Crippen LogP contribution in [-0.2, 0) is 16.0 Å². The minimum Gasteiger partial charge on any atom is -0.447 e. The first kappa shape index (κ1) is 15.2. The number of cyclic esters (lactones) is 1. The van der Waals surface area contributed by atoms with E-state index in [1.54, 1.807) is 0 Å². The van der Waals surface area contributed by atoms with Crippen LogP contribution in [0.3, 0.4) is 0 Å². The van der Waals surface area contributed by atoms with Gasteiger partial charge in [-0.15, -0.1) is 0 Å². The molecular weight excluding hydrogens is 242 g/mol. The Bertz CT molecular complexity index is 417. The minimum atomic E-state index is -0.519. The molecule has 19 heavy (non-hydrogen) atoms. The molecule has 1 fully saturated rings. The second-order valence-electron chi connectivity index (χ2n) is 4.20. The van der Waals surface area contributed by atoms with E-state index in [1.807, 2.05) is 51.1 Å². The number of hydrogen-bond donors (Lipinski definition) is 0. The van der Waals surface area contributed by atoms with Gasteiger partial charge in [0.1, 0.15) is 6.61 Å². The maximum Gasteiger partial charge on any atom is 0.416 e. The first-order chi connectivity index (χ1) is 9.18. The maximum atomic E-state index is 12.0. The highest BCUT2D eigenvalue weighted by Crippen LogP contribution is 2.14. The molecule has 4 heteroatoms. The average Bonchev–Trinajstić information content (AvgIpc) is 2.87. The Kier molecular flexibility index (Phi) is 6.06. The van der Waals surface area contributed by atoms with Gasteiger partial charge in [0.05, 0.1) is 6.54 Å². The fraction of sp³-hybridized carbons (Fsp3) is 0.467. The molecule has 2 amide bonds. The van der Waals surface area contributed by atoms with E-state index in [0.29, 0.717) is 19.6 Å². The van der Waals surface area contributed by atoms with Gasteiger partial charge in [-0.2, -0.15) is 0 Å². The number of rotatable bonds is 3. The monoisotopic (exact) mass is 263 g/mol. The Labute approximate surface area is 114 Å². The van der Waals surface area contributed by atoms with Crippen molar-refractivity contribution >= 4 is 12.0 Å². The van der Waals surface area contributed by atoms with Crippen LogP contribution in [0.15, 0.2) is 30.3 Å². The van der Waals surface area contributed by atoms with Crippen LogP contribution in [0.1, 0.15) is 26.3 Å². The lowest BCUT2D eigenvalue weighted by Gasteiger charge is -2.16. The third-order valence-corrected chi connectivity index (χ3v) is 2.83. The summed E-state index contributed by atoms with van der Waals surface area (Å²) in [5.41, 5.74) is 1.10. The summed E-state index contributed by atoms with van der Waals surface area (Å²) in [4.78, 5) is 24.4. The van der Waals surface area contributed by atoms with Gasteiger partial charge in [-0.05, 0) is 12.0 Å². The van der Waals surface area contributed by atoms with Crippen molar-refractivity contribution in [1.82, 2.24) is 4.90 Å². The summed E-state index contributed by atoms with van der Waals surface area (Å²) >= 11 is 0. The molecule has 0 unspecified atom stereocenters. The summed E-state index contributed by atoms with van der Waals surface area (Å²) in [6, 6.07) is 9.78. The maximum absolute atomic E-state index is 12.0. The van der Waals surface area contributed by atoms with E-state index < -0.39 is 6.09 Å². The number of carbonyl (C=O) groups is 2. The molecule has 0 radical (unpaired) electrons. The summed E-state index contributed by atoms with van der Waals surface area (Å²) in [5, 5.41) is 0. The Morgan fingerprint density at radius 3 is 2.47 bits per heavy atom. The van der Waals surface area contributed by atoms with Crippen LogP contribution in [0.25, 0.3) is 0 Å². The molecule has 104 valence electrons. The molecule has 1 atom stereocenters. The standard InChI is InChI=1S/C13H15NO3.C2H6/c1-10(9-11-5-3-2-4-6-11)12(15)14-7-8-17-13(14)16;1-2/h2-6,10H,7-9H2,1H3;1-2H3/t10-;/m0./s1. The number of ether oxygens (including phenoxy) is 1. The van der Waals surface area contributed by atoms with E-state index >= 15 is 0 Å². The normalized spacial score (nSPS) is 15.3. The Balaban J connectivity index is 0.000000861. The highest BCUT2D eigenvalue weighted by atomic mass is 16.6. The second kappa shape index (κ2) is 7.56. The van der Waals surface area contributed by atoms with Crippen LogP contribution in [-0.4, -0.2) is 30.1 Å². The summed E-state index contributed by atoms with van der Waals surface area (Å²) in [5.74, 6) is -0.362. The molecule has 4 nitrogen and oxygen atoms in total. The van der Waals surface area contributed by atoms with Gasteiger partial charge in [-0.25, -0.2) is 9.69 Å². The Hall–Kier alpha value is -1.84. The highest BCUT2D eigenvalue weighted by Gasteiger charge is 2.31. The number of hydrogen-bond acceptors (Lipinski definition) is 3. The smallest absolute Gasteiger partial charge is 0.416 e. The zero-order valence-corrected chi connectivity index (χ0v) is 11.8. The average molecular weight is 263 g/mol. The fourth-order valence-corrected chi connectivity index (χ4v) is 1.91. The van der Waals surface area contributed by atoms with Gasteiger partial charge in [-0.1, -0.05) is 51.1 Å². The van der Waals surface area contributed by atoms with Crippen molar-refractivity contribution in [2.75, 3.05) is 13.2 Å². The number of amides is 2. The number of benzene rings is 1. The van der Waals surface area contributed by atoms with Gasteiger partial charge in [-0.3, -0.25) is 4.79 Å². The summed E-state index contributed by atoms with van der Waals surface area (Å²) < 4.78 is 4.75. The minimum absolute atomic E-state index is 0.156. The number of nitrogens with zero attached hydrogens (tertiary/aromatic N) is 1. The van der Waals surface area contributed by atoms with Crippen molar-refractivity contribution in [1.29, 1.82) is 0 Å². The zero-order valence-electron chi connectivity index (χ0n) is 11.8. The van der Waals surface area contributed by atoms with Crippen molar-refractivity contribution in [3.63, 3.8) is 0 Å². The van der Waals surface area contributed by atoms with Crippen LogP contribution in [0.2, 0.25) is 0 Å². The number of imide groups is 1. The third-order valence-electron chi connectivity index (χ3n) is 2.83. The second-order valence-corrected chi connectivity index (χ2v) is 4.20. The van der Waals surface area contributed by atoms with Crippen LogP contribution in [0.5, 0.6) is 0 Å². The van der Waals surface area contributed by atoms with Crippen LogP contribution in [0.4, 0.5) is 4.79 Å². The van der Waals surface area contributed by atoms with E-state index in [1.165, 1.54) is 4.90 Å². The molecule has 0 N–H and O–H groups in total. The topological polar surface area (TPSA) is 46.6 Å². The van der Waals surface area contributed by atoms with Gasteiger partial charge < -0.3 is 4.74 Å². The zero-order chi connectivity index (χ0) is 14.3. The van der Waals surface area contributed by atoms with Crippen LogP contribution in [0, 0.1) is 5.92 Å². The van der Waals surface area contributed by atoms with Crippen molar-refractivity contribution in [2.24, 2.45) is 5.92 Å². The van der Waals surface area contributed by atoms with E-state index in [-0.39, 0.29) is 11.8 Å². The van der Waals surface area contributed by atoms with E-state index in [2.05, 4.69) is 0 Å². The SMILES string of the molecule is CC.C[C@@H](Cc1ccccc1)C(=O)N1CCOC1=O.